The molecule has 0 aromatic heterocycles. The fraction of sp³-hybridized carbons (Fsp3) is 0.0714. The van der Waals surface area contributed by atoms with Crippen LogP contribution in [0.3, 0.4) is 0 Å². The Labute approximate surface area is 129 Å². The first-order valence-electron chi connectivity index (χ1n) is 6.28. The molecule has 2 aromatic carbocycles. The standard InChI is InChI=1S/C14H10ClN3O4/c15-9-6-10(12(19)11(7-9)18(20)21)14-16-13(17-22-14)8-4-2-1-3-5-8/h1-7,14,19H,(H,16,17). The number of phenolic OH excluding ortho intramolecular Hbond substituents is 1. The molecule has 1 unspecified atom stereocenters. The summed E-state index contributed by atoms with van der Waals surface area (Å²) in [6, 6.07) is 11.7. The maximum atomic E-state index is 10.9. The van der Waals surface area contributed by atoms with Crippen LogP contribution < -0.4 is 5.48 Å². The number of halogens is 1. The van der Waals surface area contributed by atoms with E-state index in [1.165, 1.54) is 6.07 Å². The number of nitro groups is 1. The van der Waals surface area contributed by atoms with Crippen LogP contribution in [0.5, 0.6) is 5.75 Å². The minimum atomic E-state index is -0.924. The Balaban J connectivity index is 1.99. The predicted octanol–water partition coefficient (Wildman–Crippen LogP) is 2.93. The summed E-state index contributed by atoms with van der Waals surface area (Å²) in [5.41, 5.74) is 3.07. The summed E-state index contributed by atoms with van der Waals surface area (Å²) in [5, 5.41) is 21.1. The van der Waals surface area contributed by atoms with E-state index >= 15 is 0 Å². The SMILES string of the molecule is O=[N+]([O-])c1cc(Cl)cc(C2N=C(c3ccccc3)NO2)c1O. The molecule has 7 nitrogen and oxygen atoms in total. The molecule has 0 bridgehead atoms. The van der Waals surface area contributed by atoms with Crippen LogP contribution in [-0.4, -0.2) is 15.9 Å². The minimum Gasteiger partial charge on any atom is -0.502 e. The topological polar surface area (TPSA) is 97.0 Å². The van der Waals surface area contributed by atoms with E-state index in [0.29, 0.717) is 5.84 Å². The lowest BCUT2D eigenvalue weighted by molar-refractivity contribution is -0.386. The zero-order valence-electron chi connectivity index (χ0n) is 11.1. The van der Waals surface area contributed by atoms with Crippen molar-refractivity contribution >= 4 is 23.1 Å². The van der Waals surface area contributed by atoms with Gasteiger partial charge in [0, 0.05) is 16.7 Å². The van der Waals surface area contributed by atoms with Crippen LogP contribution >= 0.6 is 11.6 Å². The normalized spacial score (nSPS) is 17.0. The molecule has 22 heavy (non-hydrogen) atoms. The molecule has 3 rings (SSSR count). The average Bonchev–Trinajstić information content (AvgIpc) is 2.99. The van der Waals surface area contributed by atoms with Gasteiger partial charge in [-0.05, 0) is 6.07 Å². The third kappa shape index (κ3) is 2.59. The average molecular weight is 320 g/mol. The maximum absolute atomic E-state index is 10.9. The number of nitro benzene ring substituents is 1. The molecule has 0 aliphatic carbocycles. The van der Waals surface area contributed by atoms with E-state index in [-0.39, 0.29) is 10.6 Å². The second-order valence-corrected chi connectivity index (χ2v) is 4.97. The summed E-state index contributed by atoms with van der Waals surface area (Å²) >= 11 is 5.86. The first-order chi connectivity index (χ1) is 10.6. The van der Waals surface area contributed by atoms with E-state index in [1.807, 2.05) is 30.3 Å². The lowest BCUT2D eigenvalue weighted by Crippen LogP contribution is -2.17. The van der Waals surface area contributed by atoms with E-state index in [1.54, 1.807) is 0 Å². The molecule has 0 amide bonds. The van der Waals surface area contributed by atoms with E-state index in [9.17, 15) is 15.2 Å². The van der Waals surface area contributed by atoms with Crippen molar-refractivity contribution < 1.29 is 14.9 Å². The zero-order valence-corrected chi connectivity index (χ0v) is 11.8. The highest BCUT2D eigenvalue weighted by Crippen LogP contribution is 2.39. The number of aliphatic imine (C=N–C) groups is 1. The number of nitrogens with one attached hydrogen (secondary N) is 1. The predicted molar refractivity (Wildman–Crippen MR) is 79.7 cm³/mol. The van der Waals surface area contributed by atoms with Crippen molar-refractivity contribution in [1.29, 1.82) is 0 Å². The van der Waals surface area contributed by atoms with Gasteiger partial charge in [-0.3, -0.25) is 10.1 Å². The summed E-state index contributed by atoms with van der Waals surface area (Å²) in [5.74, 6) is -0.0492. The third-order valence-corrected chi connectivity index (χ3v) is 3.33. The molecule has 0 radical (unpaired) electrons. The Morgan fingerprint density at radius 3 is 2.73 bits per heavy atom. The summed E-state index contributed by atoms with van der Waals surface area (Å²) in [6.45, 7) is 0. The Hall–Kier alpha value is -2.64. The molecule has 0 fully saturated rings. The summed E-state index contributed by atoms with van der Waals surface area (Å²) < 4.78 is 0. The van der Waals surface area contributed by atoms with Gasteiger partial charge in [-0.2, -0.15) is 0 Å². The first-order valence-corrected chi connectivity index (χ1v) is 6.66. The number of hydrogen-bond donors (Lipinski definition) is 2. The molecule has 0 saturated carbocycles. The molecule has 2 N–H and O–H groups in total. The van der Waals surface area contributed by atoms with Gasteiger partial charge in [0.15, 0.2) is 5.84 Å². The highest BCUT2D eigenvalue weighted by molar-refractivity contribution is 6.31. The van der Waals surface area contributed by atoms with E-state index < -0.39 is 22.6 Å². The van der Waals surface area contributed by atoms with E-state index in [0.717, 1.165) is 11.6 Å². The number of hydroxylamine groups is 1. The maximum Gasteiger partial charge on any atom is 0.312 e. The summed E-state index contributed by atoms with van der Waals surface area (Å²) in [6.07, 6.45) is -0.924. The second kappa shape index (κ2) is 5.63. The van der Waals surface area contributed by atoms with Crippen LogP contribution in [-0.2, 0) is 4.84 Å². The van der Waals surface area contributed by atoms with Gasteiger partial charge in [-0.25, -0.2) is 15.3 Å². The van der Waals surface area contributed by atoms with Crippen molar-refractivity contribution in [2.24, 2.45) is 4.99 Å². The van der Waals surface area contributed by atoms with Crippen LogP contribution in [0.25, 0.3) is 0 Å². The van der Waals surface area contributed by atoms with Crippen molar-refractivity contribution in [3.63, 3.8) is 0 Å². The third-order valence-electron chi connectivity index (χ3n) is 3.11. The Morgan fingerprint density at radius 1 is 1.32 bits per heavy atom. The van der Waals surface area contributed by atoms with E-state index in [2.05, 4.69) is 10.5 Å². The zero-order chi connectivity index (χ0) is 15.7. The van der Waals surface area contributed by atoms with Gasteiger partial charge in [0.1, 0.15) is 0 Å². The Bertz CT molecular complexity index is 764. The van der Waals surface area contributed by atoms with Gasteiger partial charge in [0.05, 0.1) is 10.5 Å². The minimum absolute atomic E-state index is 0.117. The molecule has 1 heterocycles. The van der Waals surface area contributed by atoms with Gasteiger partial charge >= 0.3 is 5.69 Å². The van der Waals surface area contributed by atoms with Crippen molar-refractivity contribution in [3.05, 3.63) is 68.7 Å². The summed E-state index contributed by atoms with van der Waals surface area (Å²) in [4.78, 5) is 19.8. The van der Waals surface area contributed by atoms with Crippen molar-refractivity contribution in [3.8, 4) is 5.75 Å². The van der Waals surface area contributed by atoms with Gasteiger partial charge in [0.2, 0.25) is 12.0 Å². The van der Waals surface area contributed by atoms with Crippen LogP contribution in [0.2, 0.25) is 5.02 Å². The fourth-order valence-electron chi connectivity index (χ4n) is 2.08. The lowest BCUT2D eigenvalue weighted by atomic mass is 10.1. The molecule has 8 heteroatoms. The molecule has 1 atom stereocenters. The van der Waals surface area contributed by atoms with Crippen LogP contribution in [0.4, 0.5) is 5.69 Å². The van der Waals surface area contributed by atoms with Crippen LogP contribution in [0.15, 0.2) is 47.5 Å². The monoisotopic (exact) mass is 319 g/mol. The Morgan fingerprint density at radius 2 is 2.05 bits per heavy atom. The quantitative estimate of drug-likeness (QED) is 0.669. The van der Waals surface area contributed by atoms with Gasteiger partial charge < -0.3 is 5.11 Å². The number of rotatable bonds is 3. The Kier molecular flexibility index (Phi) is 3.66. The molecule has 0 spiro atoms. The van der Waals surface area contributed by atoms with Crippen molar-refractivity contribution in [2.45, 2.75) is 6.23 Å². The summed E-state index contributed by atoms with van der Waals surface area (Å²) in [7, 11) is 0. The molecular weight excluding hydrogens is 310 g/mol. The number of nitrogens with zero attached hydrogens (tertiary/aromatic N) is 2. The number of amidine groups is 1. The van der Waals surface area contributed by atoms with Crippen LogP contribution in [0, 0.1) is 10.1 Å². The molecule has 0 saturated heterocycles. The highest BCUT2D eigenvalue weighted by Gasteiger charge is 2.28. The molecule has 1 aliphatic heterocycles. The fourth-order valence-corrected chi connectivity index (χ4v) is 2.30. The van der Waals surface area contributed by atoms with Gasteiger partial charge in [-0.15, -0.1) is 0 Å². The van der Waals surface area contributed by atoms with Crippen LogP contribution in [0.1, 0.15) is 17.4 Å². The number of phenols is 1. The lowest BCUT2D eigenvalue weighted by Gasteiger charge is -2.09. The first kappa shape index (κ1) is 14.3. The van der Waals surface area contributed by atoms with Gasteiger partial charge in [-0.1, -0.05) is 41.9 Å². The highest BCUT2D eigenvalue weighted by atomic mass is 35.5. The number of benzene rings is 2. The largest absolute Gasteiger partial charge is 0.502 e. The smallest absolute Gasteiger partial charge is 0.312 e. The van der Waals surface area contributed by atoms with E-state index in [4.69, 9.17) is 16.4 Å². The van der Waals surface area contributed by atoms with Gasteiger partial charge in [0.25, 0.3) is 0 Å². The molecule has 112 valence electrons. The second-order valence-electron chi connectivity index (χ2n) is 4.54. The molecule has 1 aliphatic rings. The number of aromatic hydroxyl groups is 1. The van der Waals surface area contributed by atoms with Crippen molar-refractivity contribution in [1.82, 2.24) is 5.48 Å². The van der Waals surface area contributed by atoms with Crippen molar-refractivity contribution in [2.75, 3.05) is 0 Å². The molecular formula is C14H10ClN3O4. The number of hydrogen-bond acceptors (Lipinski definition) is 6. The molecule has 2 aromatic rings.